The standard InChI is InChI=1S/C19H11ClN4OS/c1-24-18(25)13-4-2-3-5-15(13)23-19(24)26-17-8-11(10-21)14-9-12(20)6-7-16(14)22-17/h2-9H,1H3. The molecule has 0 aliphatic carbocycles. The highest BCUT2D eigenvalue weighted by molar-refractivity contribution is 7.99. The van der Waals surface area contributed by atoms with Crippen LogP contribution in [0, 0.1) is 11.3 Å². The van der Waals surface area contributed by atoms with Crippen LogP contribution in [-0.4, -0.2) is 14.5 Å². The van der Waals surface area contributed by atoms with Gasteiger partial charge in [0.25, 0.3) is 5.56 Å². The lowest BCUT2D eigenvalue weighted by Gasteiger charge is -2.09. The fraction of sp³-hybridized carbons (Fsp3) is 0.0526. The first-order valence-corrected chi connectivity index (χ1v) is 8.90. The topological polar surface area (TPSA) is 71.6 Å². The van der Waals surface area contributed by atoms with Crippen LogP contribution in [0.1, 0.15) is 5.56 Å². The molecular weight excluding hydrogens is 368 g/mol. The Morgan fingerprint density at radius 3 is 2.65 bits per heavy atom. The van der Waals surface area contributed by atoms with E-state index in [2.05, 4.69) is 16.0 Å². The fourth-order valence-corrected chi connectivity index (χ4v) is 3.74. The molecule has 2 heterocycles. The molecule has 26 heavy (non-hydrogen) atoms. The lowest BCUT2D eigenvalue weighted by molar-refractivity contribution is 0.725. The van der Waals surface area contributed by atoms with Gasteiger partial charge in [-0.3, -0.25) is 9.36 Å². The molecule has 0 aliphatic heterocycles. The van der Waals surface area contributed by atoms with Crippen molar-refractivity contribution in [3.05, 3.63) is 69.5 Å². The minimum absolute atomic E-state index is 0.119. The average Bonchev–Trinajstić information content (AvgIpc) is 2.65. The molecule has 0 unspecified atom stereocenters. The third-order valence-electron chi connectivity index (χ3n) is 4.01. The molecule has 2 aromatic carbocycles. The second-order valence-corrected chi connectivity index (χ2v) is 7.08. The van der Waals surface area contributed by atoms with Gasteiger partial charge in [-0.25, -0.2) is 9.97 Å². The van der Waals surface area contributed by atoms with Crippen LogP contribution in [0.2, 0.25) is 5.02 Å². The third-order valence-corrected chi connectivity index (χ3v) is 5.21. The van der Waals surface area contributed by atoms with E-state index in [1.807, 2.05) is 12.1 Å². The van der Waals surface area contributed by atoms with Crippen molar-refractivity contribution < 1.29 is 0 Å². The largest absolute Gasteiger partial charge is 0.290 e. The van der Waals surface area contributed by atoms with E-state index in [1.165, 1.54) is 16.3 Å². The molecule has 126 valence electrons. The van der Waals surface area contributed by atoms with Gasteiger partial charge in [0.05, 0.1) is 28.1 Å². The zero-order chi connectivity index (χ0) is 18.3. The van der Waals surface area contributed by atoms with Crippen molar-refractivity contribution >= 4 is 45.2 Å². The molecule has 0 N–H and O–H groups in total. The second kappa shape index (κ2) is 6.45. The number of benzene rings is 2. The summed E-state index contributed by atoms with van der Waals surface area (Å²) in [4.78, 5) is 21.7. The van der Waals surface area contributed by atoms with Crippen molar-refractivity contribution in [3.8, 4) is 6.07 Å². The summed E-state index contributed by atoms with van der Waals surface area (Å²) in [5.41, 5.74) is 1.66. The smallest absolute Gasteiger partial charge is 0.261 e. The molecule has 0 saturated heterocycles. The molecule has 4 aromatic rings. The van der Waals surface area contributed by atoms with Crippen molar-refractivity contribution in [2.45, 2.75) is 10.2 Å². The van der Waals surface area contributed by atoms with E-state index in [4.69, 9.17) is 11.6 Å². The Morgan fingerprint density at radius 2 is 1.85 bits per heavy atom. The maximum Gasteiger partial charge on any atom is 0.261 e. The van der Waals surface area contributed by atoms with Crippen LogP contribution in [0.15, 0.2) is 63.5 Å². The molecule has 5 nitrogen and oxygen atoms in total. The number of pyridine rings is 1. The first-order valence-electron chi connectivity index (χ1n) is 7.71. The first kappa shape index (κ1) is 16.6. The van der Waals surface area contributed by atoms with Crippen LogP contribution < -0.4 is 5.56 Å². The predicted molar refractivity (Wildman–Crippen MR) is 103 cm³/mol. The summed E-state index contributed by atoms with van der Waals surface area (Å²) in [5, 5.41) is 12.4. The van der Waals surface area contributed by atoms with Gasteiger partial charge in [0.15, 0.2) is 5.16 Å². The summed E-state index contributed by atoms with van der Waals surface area (Å²) in [7, 11) is 1.68. The van der Waals surface area contributed by atoms with Crippen molar-refractivity contribution in [1.29, 1.82) is 5.26 Å². The van der Waals surface area contributed by atoms with Crippen molar-refractivity contribution in [2.24, 2.45) is 7.05 Å². The maximum atomic E-state index is 12.5. The number of nitrogens with zero attached hydrogens (tertiary/aromatic N) is 4. The summed E-state index contributed by atoms with van der Waals surface area (Å²) in [6.45, 7) is 0. The van der Waals surface area contributed by atoms with Crippen LogP contribution in [0.4, 0.5) is 0 Å². The van der Waals surface area contributed by atoms with Gasteiger partial charge in [0, 0.05) is 17.5 Å². The molecule has 4 rings (SSSR count). The zero-order valence-corrected chi connectivity index (χ0v) is 15.2. The van der Waals surface area contributed by atoms with Gasteiger partial charge < -0.3 is 0 Å². The number of halogens is 1. The van der Waals surface area contributed by atoms with Gasteiger partial charge in [0.2, 0.25) is 0 Å². The van der Waals surface area contributed by atoms with E-state index >= 15 is 0 Å². The number of hydrogen-bond acceptors (Lipinski definition) is 5. The Balaban J connectivity index is 1.87. The molecular formula is C19H11ClN4OS. The Morgan fingerprint density at radius 1 is 1.08 bits per heavy atom. The SMILES string of the molecule is Cn1c(Sc2cc(C#N)c3cc(Cl)ccc3n2)nc2ccccc2c1=O. The molecule has 0 atom stereocenters. The fourth-order valence-electron chi connectivity index (χ4n) is 2.70. The second-order valence-electron chi connectivity index (χ2n) is 5.66. The van der Waals surface area contributed by atoms with Crippen LogP contribution >= 0.6 is 23.4 Å². The van der Waals surface area contributed by atoms with Crippen molar-refractivity contribution in [3.63, 3.8) is 0 Å². The van der Waals surface area contributed by atoms with E-state index in [-0.39, 0.29) is 5.56 Å². The monoisotopic (exact) mass is 378 g/mol. The number of para-hydroxylation sites is 1. The molecule has 0 amide bonds. The van der Waals surface area contributed by atoms with Gasteiger partial charge in [-0.2, -0.15) is 5.26 Å². The lowest BCUT2D eigenvalue weighted by Crippen LogP contribution is -2.19. The van der Waals surface area contributed by atoms with Gasteiger partial charge >= 0.3 is 0 Å². The Bertz CT molecular complexity index is 1280. The molecule has 0 radical (unpaired) electrons. The molecule has 0 saturated carbocycles. The highest BCUT2D eigenvalue weighted by Crippen LogP contribution is 2.29. The summed E-state index contributed by atoms with van der Waals surface area (Å²) >= 11 is 7.27. The number of fused-ring (bicyclic) bond motifs is 2. The highest BCUT2D eigenvalue weighted by atomic mass is 35.5. The Hall–Kier alpha value is -2.88. The normalized spacial score (nSPS) is 11.0. The number of nitriles is 1. The Kier molecular flexibility index (Phi) is 4.11. The number of rotatable bonds is 2. The van der Waals surface area contributed by atoms with E-state index in [9.17, 15) is 10.1 Å². The maximum absolute atomic E-state index is 12.5. The molecule has 0 fully saturated rings. The molecule has 0 bridgehead atoms. The minimum Gasteiger partial charge on any atom is -0.290 e. The molecule has 7 heteroatoms. The molecule has 2 aromatic heterocycles. The summed E-state index contributed by atoms with van der Waals surface area (Å²) in [5.74, 6) is 0. The van der Waals surface area contributed by atoms with E-state index in [1.54, 1.807) is 43.4 Å². The predicted octanol–water partition coefficient (Wildman–Crippen LogP) is 4.16. The van der Waals surface area contributed by atoms with Crippen LogP contribution in [0.3, 0.4) is 0 Å². The quantitative estimate of drug-likeness (QED) is 0.490. The number of hydrogen-bond donors (Lipinski definition) is 0. The zero-order valence-electron chi connectivity index (χ0n) is 13.6. The minimum atomic E-state index is -0.119. The van der Waals surface area contributed by atoms with Crippen LogP contribution in [0.5, 0.6) is 0 Å². The summed E-state index contributed by atoms with van der Waals surface area (Å²) in [6, 6.07) is 16.3. The highest BCUT2D eigenvalue weighted by Gasteiger charge is 2.12. The third kappa shape index (κ3) is 2.81. The first-order chi connectivity index (χ1) is 12.6. The molecule has 0 aliphatic rings. The summed E-state index contributed by atoms with van der Waals surface area (Å²) in [6.07, 6.45) is 0. The molecule has 0 spiro atoms. The van der Waals surface area contributed by atoms with E-state index in [0.717, 1.165) is 0 Å². The van der Waals surface area contributed by atoms with E-state index in [0.29, 0.717) is 42.6 Å². The van der Waals surface area contributed by atoms with Crippen LogP contribution in [-0.2, 0) is 7.05 Å². The van der Waals surface area contributed by atoms with Gasteiger partial charge in [0.1, 0.15) is 5.03 Å². The number of aromatic nitrogens is 3. The van der Waals surface area contributed by atoms with Gasteiger partial charge in [-0.1, -0.05) is 23.7 Å². The van der Waals surface area contributed by atoms with Crippen molar-refractivity contribution in [1.82, 2.24) is 14.5 Å². The van der Waals surface area contributed by atoms with E-state index < -0.39 is 0 Å². The average molecular weight is 379 g/mol. The lowest BCUT2D eigenvalue weighted by atomic mass is 10.1. The Labute approximate surface area is 157 Å². The summed E-state index contributed by atoms with van der Waals surface area (Å²) < 4.78 is 1.49. The van der Waals surface area contributed by atoms with Crippen molar-refractivity contribution in [2.75, 3.05) is 0 Å². The van der Waals surface area contributed by atoms with Gasteiger partial charge in [-0.05, 0) is 48.2 Å². The van der Waals surface area contributed by atoms with Crippen LogP contribution in [0.25, 0.3) is 21.8 Å². The van der Waals surface area contributed by atoms with Gasteiger partial charge in [-0.15, -0.1) is 0 Å².